The predicted octanol–water partition coefficient (Wildman–Crippen LogP) is -2.42. The summed E-state index contributed by atoms with van der Waals surface area (Å²) in [5, 5.41) is 0. The Bertz CT molecular complexity index is 196. The lowest BCUT2D eigenvalue weighted by Crippen LogP contribution is -3.00. The lowest BCUT2D eigenvalue weighted by atomic mass is 10.3. The van der Waals surface area contributed by atoms with Crippen LogP contribution in [-0.4, -0.2) is 4.57 Å². The van der Waals surface area contributed by atoms with Gasteiger partial charge in [-0.3, -0.25) is 0 Å². The van der Waals surface area contributed by atoms with Crippen molar-refractivity contribution < 1.29 is 28.5 Å². The molecule has 0 bridgehead atoms. The first-order valence-corrected chi connectivity index (χ1v) is 3.84. The monoisotopic (exact) mass is 268 g/mol. The second kappa shape index (κ2) is 5.57. The van der Waals surface area contributed by atoms with Crippen LogP contribution in [0, 0.1) is 0 Å². The van der Waals surface area contributed by atoms with Crippen molar-refractivity contribution >= 4 is 0 Å². The number of hydrogen-bond acceptors (Lipinski definition) is 0. The molecule has 0 saturated heterocycles. The molecule has 1 aromatic rings. The molecule has 0 aliphatic carbocycles. The van der Waals surface area contributed by atoms with Crippen LogP contribution in [-0.2, 0) is 13.6 Å². The van der Waals surface area contributed by atoms with Gasteiger partial charge < -0.3 is 0 Å². The number of aromatic nitrogens is 2. The summed E-state index contributed by atoms with van der Waals surface area (Å²) in [6, 6.07) is 0. The van der Waals surface area contributed by atoms with Crippen LogP contribution < -0.4 is 28.5 Å². The predicted molar refractivity (Wildman–Crippen MR) is 43.3 cm³/mol. The fourth-order valence-electron chi connectivity index (χ4n) is 0.975. The van der Waals surface area contributed by atoms with Crippen molar-refractivity contribution in [2.24, 2.45) is 7.05 Å². The third-order valence-corrected chi connectivity index (χ3v) is 1.59. The summed E-state index contributed by atoms with van der Waals surface area (Å²) >= 11 is 0. The van der Waals surface area contributed by atoms with Crippen molar-refractivity contribution in [3.63, 3.8) is 0 Å². The van der Waals surface area contributed by atoms with Crippen molar-refractivity contribution in [3.8, 4) is 0 Å². The van der Waals surface area contributed by atoms with Crippen molar-refractivity contribution in [3.05, 3.63) is 18.7 Å². The molecule has 0 atom stereocenters. The van der Waals surface area contributed by atoms with E-state index in [-0.39, 0.29) is 24.0 Å². The Morgan fingerprint density at radius 3 is 2.64 bits per heavy atom. The second-order valence-electron chi connectivity index (χ2n) is 2.67. The van der Waals surface area contributed by atoms with E-state index in [2.05, 4.69) is 34.8 Å². The Kier molecular flexibility index (Phi) is 5.54. The second-order valence-corrected chi connectivity index (χ2v) is 2.67. The molecule has 0 aliphatic heterocycles. The van der Waals surface area contributed by atoms with Gasteiger partial charge in [0.2, 0.25) is 30.3 Å². The largest absolute Gasteiger partial charge is 0.243 e. The molecule has 3 heteroatoms. The van der Waals surface area contributed by atoms with Gasteiger partial charge in [0.05, 0.1) is 13.6 Å². The van der Waals surface area contributed by atoms with Gasteiger partial charge in [-0.25, -0.2) is 9.13 Å². The molecule has 0 radical (unpaired) electrons. The molecule has 0 N–H and O–H groups in total. The minimum Gasteiger partial charge on any atom is -0.240 e. The van der Waals surface area contributed by atoms with E-state index in [1.165, 1.54) is 12.8 Å². The van der Waals surface area contributed by atoms with Crippen LogP contribution in [0.25, 0.3) is 0 Å². The number of nitrogens with zero attached hydrogens (tertiary/aromatic N) is 2. The summed E-state index contributed by atoms with van der Waals surface area (Å²) < 4.78 is 4.28. The van der Waals surface area contributed by atoms with Crippen molar-refractivity contribution in [1.29, 1.82) is 0 Å². The maximum Gasteiger partial charge on any atom is 0.243 e. The van der Waals surface area contributed by atoms with Crippen LogP contribution >= 0.6 is 0 Å². The fraction of sp³-hybridized carbons (Fsp3) is 0.625. The third kappa shape index (κ3) is 3.74. The lowest BCUT2D eigenvalue weighted by Gasteiger charge is -1.90. The first-order valence-electron chi connectivity index (χ1n) is 3.84. The van der Waals surface area contributed by atoms with Gasteiger partial charge in [0.25, 0.3) is 0 Å². The van der Waals surface area contributed by atoms with E-state index in [1.807, 2.05) is 7.05 Å². The van der Waals surface area contributed by atoms with Crippen molar-refractivity contribution in [2.45, 2.75) is 26.3 Å². The fourth-order valence-corrected chi connectivity index (χ4v) is 0.975. The van der Waals surface area contributed by atoms with Crippen molar-refractivity contribution in [2.75, 3.05) is 0 Å². The van der Waals surface area contributed by atoms with E-state index in [0.717, 1.165) is 6.54 Å². The number of aryl methyl sites for hydroxylation is 2. The van der Waals surface area contributed by atoms with Crippen LogP contribution in [0.5, 0.6) is 0 Å². The highest BCUT2D eigenvalue weighted by atomic mass is 127. The minimum absolute atomic E-state index is 0. The highest BCUT2D eigenvalue weighted by Gasteiger charge is 1.96. The molecule has 0 spiro atoms. The molecule has 64 valence electrons. The van der Waals surface area contributed by atoms with E-state index in [4.69, 9.17) is 0 Å². The molecule has 0 aliphatic rings. The Labute approximate surface area is 85.2 Å². The highest BCUT2D eigenvalue weighted by Crippen LogP contribution is 1.91. The zero-order chi connectivity index (χ0) is 7.40. The van der Waals surface area contributed by atoms with Gasteiger partial charge in [-0.2, -0.15) is 0 Å². The number of rotatable bonds is 3. The Balaban J connectivity index is 0.000001000. The van der Waals surface area contributed by atoms with Gasteiger partial charge >= 0.3 is 0 Å². The van der Waals surface area contributed by atoms with E-state index >= 15 is 0 Å². The van der Waals surface area contributed by atoms with Crippen LogP contribution in [0.1, 0.15) is 19.8 Å². The van der Waals surface area contributed by atoms with Gasteiger partial charge in [-0.05, 0) is 6.42 Å². The van der Waals surface area contributed by atoms with Crippen LogP contribution in [0.3, 0.4) is 0 Å². The van der Waals surface area contributed by atoms with E-state index in [1.54, 1.807) is 0 Å². The van der Waals surface area contributed by atoms with Gasteiger partial charge in [0.1, 0.15) is 12.4 Å². The lowest BCUT2D eigenvalue weighted by molar-refractivity contribution is -0.671. The molecular formula is C8H17IN2+2. The van der Waals surface area contributed by atoms with Gasteiger partial charge in [0.15, 0.2) is 0 Å². The average Bonchev–Trinajstić information content (AvgIpc) is 2.31. The summed E-state index contributed by atoms with van der Waals surface area (Å²) in [6.07, 6.45) is 8.82. The summed E-state index contributed by atoms with van der Waals surface area (Å²) in [7, 11) is 2.04. The zero-order valence-corrected chi connectivity index (χ0v) is 9.75. The highest BCUT2D eigenvalue weighted by molar-refractivity contribution is 4.65. The number of hydrogen-bond donors (Lipinski definition) is 0. The number of halogens is 1. The molecular weight excluding hydrogens is 251 g/mol. The molecule has 0 aromatic carbocycles. The summed E-state index contributed by atoms with van der Waals surface area (Å²) in [6.45, 7) is 3.36. The number of unbranched alkanes of at least 4 members (excludes halogenated alkanes) is 1. The van der Waals surface area contributed by atoms with Gasteiger partial charge in [-0.1, -0.05) is 13.3 Å². The Morgan fingerprint density at radius 2 is 2.18 bits per heavy atom. The standard InChI is InChI=1S/C8H15N2.H2I/c1-3-4-5-10-7-6-9(2)8-10;/h6-8H,3-5H2,1-2H3;1H2/q2*+1. The zero-order valence-electron chi connectivity index (χ0n) is 7.20. The molecule has 1 aromatic heterocycles. The summed E-state index contributed by atoms with van der Waals surface area (Å²) in [4.78, 5) is 0. The molecule has 1 rings (SSSR count). The van der Waals surface area contributed by atoms with Gasteiger partial charge in [-0.15, -0.1) is 0 Å². The first-order chi connectivity index (χ1) is 4.83. The molecule has 0 unspecified atom stereocenters. The van der Waals surface area contributed by atoms with E-state index in [0.29, 0.717) is 0 Å². The first kappa shape index (κ1) is 10.9. The topological polar surface area (TPSA) is 8.81 Å². The molecule has 11 heavy (non-hydrogen) atoms. The SMILES string of the molecule is CCCCn1cc[n+](C)c1.[IH2+]. The van der Waals surface area contributed by atoms with Crippen LogP contribution in [0.15, 0.2) is 18.7 Å². The average molecular weight is 268 g/mol. The molecule has 2 nitrogen and oxygen atoms in total. The quantitative estimate of drug-likeness (QED) is 0.426. The number of imidazole rings is 1. The Hall–Kier alpha value is -0.0600. The molecule has 0 amide bonds. The normalized spacial score (nSPS) is 9.27. The van der Waals surface area contributed by atoms with Crippen LogP contribution in [0.4, 0.5) is 0 Å². The maximum absolute atomic E-state index is 2.21. The molecule has 0 fully saturated rings. The summed E-state index contributed by atoms with van der Waals surface area (Å²) in [5.41, 5.74) is 0. The third-order valence-electron chi connectivity index (χ3n) is 1.59. The maximum atomic E-state index is 2.21. The van der Waals surface area contributed by atoms with E-state index < -0.39 is 0 Å². The smallest absolute Gasteiger partial charge is 0.240 e. The Morgan fingerprint density at radius 1 is 1.45 bits per heavy atom. The molecule has 1 heterocycles. The van der Waals surface area contributed by atoms with Crippen LogP contribution in [0.2, 0.25) is 0 Å². The summed E-state index contributed by atoms with van der Waals surface area (Å²) in [5.74, 6) is 0. The van der Waals surface area contributed by atoms with Gasteiger partial charge in [0, 0.05) is 0 Å². The van der Waals surface area contributed by atoms with Crippen molar-refractivity contribution in [1.82, 2.24) is 4.57 Å². The molecule has 0 saturated carbocycles. The minimum atomic E-state index is 0. The van der Waals surface area contributed by atoms with E-state index in [9.17, 15) is 0 Å².